The lowest BCUT2D eigenvalue weighted by molar-refractivity contribution is -0.110. The molecule has 0 N–H and O–H groups in total. The Balaban J connectivity index is 2.85. The highest BCUT2D eigenvalue weighted by molar-refractivity contribution is 8.19. The summed E-state index contributed by atoms with van der Waals surface area (Å²) in [6, 6.07) is 0. The van der Waals surface area contributed by atoms with Crippen LogP contribution in [0.15, 0.2) is 0 Å². The Morgan fingerprint density at radius 2 is 2.29 bits per heavy atom. The highest BCUT2D eigenvalue weighted by Gasteiger charge is 2.16. The average molecular weight is 116 g/mol. The van der Waals surface area contributed by atoms with Crippen molar-refractivity contribution >= 4 is 21.1 Å². The molecule has 0 spiro atoms. The van der Waals surface area contributed by atoms with Gasteiger partial charge in [-0.05, 0) is 13.2 Å². The normalized spacial score (nSPS) is 30.3. The van der Waals surface area contributed by atoms with Gasteiger partial charge in [-0.1, -0.05) is 0 Å². The zero-order valence-corrected chi connectivity index (χ0v) is 5.34. The first-order valence-electron chi connectivity index (χ1n) is 2.21. The van der Waals surface area contributed by atoms with E-state index >= 15 is 0 Å². The Morgan fingerprint density at radius 3 is 2.29 bits per heavy atom. The predicted octanol–water partition coefficient (Wildman–Crippen LogP) is 0.660. The van der Waals surface area contributed by atoms with Gasteiger partial charge in [0.2, 0.25) is 0 Å². The van der Waals surface area contributed by atoms with Crippen LogP contribution in [0.5, 0.6) is 0 Å². The van der Waals surface area contributed by atoms with E-state index in [1.165, 1.54) is 0 Å². The molecule has 1 heterocycles. The number of hydrogen-bond acceptors (Lipinski definition) is 1. The lowest BCUT2D eigenvalue weighted by Gasteiger charge is -2.15. The Bertz CT molecular complexity index is 146. The molecule has 0 amide bonds. The molecule has 0 aromatic carbocycles. The van der Waals surface area contributed by atoms with Gasteiger partial charge in [0, 0.05) is 4.86 Å². The number of ketones is 1. The molecule has 2 heteroatoms. The van der Waals surface area contributed by atoms with Gasteiger partial charge in [0.1, 0.15) is 0 Å². The molecule has 0 bridgehead atoms. The first kappa shape index (κ1) is 5.04. The first-order valence-corrected chi connectivity index (χ1v) is 4.01. The molecule has 0 aliphatic carbocycles. The van der Waals surface area contributed by atoms with Crippen LogP contribution in [-0.4, -0.2) is 22.7 Å². The minimum atomic E-state index is 0.350. The second-order valence-corrected chi connectivity index (χ2v) is 3.94. The molecule has 0 aromatic rings. The van der Waals surface area contributed by atoms with Crippen LogP contribution in [0.25, 0.3) is 0 Å². The summed E-state index contributed by atoms with van der Waals surface area (Å²) in [5.41, 5.74) is 0. The predicted molar refractivity (Wildman–Crippen MR) is 34.1 cm³/mol. The number of carbonyl (C=O) groups is 1. The van der Waals surface area contributed by atoms with Crippen LogP contribution in [0.3, 0.4) is 0 Å². The van der Waals surface area contributed by atoms with Gasteiger partial charge in [-0.25, -0.2) is 0 Å². The summed E-state index contributed by atoms with van der Waals surface area (Å²) < 4.78 is 0. The molecule has 0 saturated carbocycles. The standard InChI is InChI=1S/C5H8OS/c1-4-5(6)3-7(4)2/h3H2,1-2H3. The van der Waals surface area contributed by atoms with Gasteiger partial charge in [0.25, 0.3) is 0 Å². The van der Waals surface area contributed by atoms with Crippen molar-refractivity contribution in [1.29, 1.82) is 0 Å². The van der Waals surface area contributed by atoms with Crippen molar-refractivity contribution in [2.75, 3.05) is 12.0 Å². The van der Waals surface area contributed by atoms with Crippen LogP contribution in [0, 0.1) is 0 Å². The second-order valence-electron chi connectivity index (χ2n) is 1.76. The monoisotopic (exact) mass is 116 g/mol. The van der Waals surface area contributed by atoms with Crippen LogP contribution in [0.2, 0.25) is 0 Å². The fourth-order valence-electron chi connectivity index (χ4n) is 0.520. The minimum Gasteiger partial charge on any atom is -0.293 e. The maximum atomic E-state index is 10.4. The van der Waals surface area contributed by atoms with Crippen molar-refractivity contribution in [3.05, 3.63) is 0 Å². The fourth-order valence-corrected chi connectivity index (χ4v) is 1.56. The summed E-state index contributed by atoms with van der Waals surface area (Å²) in [4.78, 5) is 11.5. The molecule has 1 rings (SSSR count). The molecular formula is C5H8OS. The van der Waals surface area contributed by atoms with Gasteiger partial charge >= 0.3 is 0 Å². The Morgan fingerprint density at radius 1 is 1.71 bits per heavy atom. The summed E-state index contributed by atoms with van der Waals surface area (Å²) in [6.07, 6.45) is 2.11. The number of carbonyl (C=O) groups excluding carboxylic acids is 1. The summed E-state index contributed by atoms with van der Waals surface area (Å²) in [6.45, 7) is 1.93. The molecule has 1 aliphatic rings. The quantitative estimate of drug-likeness (QED) is 0.425. The molecule has 1 unspecified atom stereocenters. The van der Waals surface area contributed by atoms with Crippen molar-refractivity contribution in [1.82, 2.24) is 0 Å². The van der Waals surface area contributed by atoms with Crippen molar-refractivity contribution in [3.63, 3.8) is 0 Å². The highest BCUT2D eigenvalue weighted by atomic mass is 32.2. The fraction of sp³-hybridized carbons (Fsp3) is 0.600. The number of rotatable bonds is 0. The molecule has 1 aliphatic heterocycles. The smallest absolute Gasteiger partial charge is 0.173 e. The zero-order chi connectivity index (χ0) is 5.44. The lowest BCUT2D eigenvalue weighted by Crippen LogP contribution is -2.23. The van der Waals surface area contributed by atoms with E-state index < -0.39 is 0 Å². The van der Waals surface area contributed by atoms with E-state index in [1.54, 1.807) is 0 Å². The third-order valence-corrected chi connectivity index (χ3v) is 3.23. The SMILES string of the molecule is CC1=S(C)CC1=O. The third kappa shape index (κ3) is 0.630. The lowest BCUT2D eigenvalue weighted by atomic mass is 10.3. The van der Waals surface area contributed by atoms with Crippen molar-refractivity contribution < 1.29 is 4.79 Å². The van der Waals surface area contributed by atoms with Crippen molar-refractivity contribution in [2.45, 2.75) is 6.92 Å². The Labute approximate surface area is 45.6 Å². The number of Topliss-reactive ketones (excluding diaryl/α,β-unsaturated/α-hetero) is 1. The van der Waals surface area contributed by atoms with Gasteiger partial charge in [0.05, 0.1) is 5.75 Å². The maximum absolute atomic E-state index is 10.4. The molecule has 0 radical (unpaired) electrons. The van der Waals surface area contributed by atoms with Gasteiger partial charge < -0.3 is 0 Å². The number of hydrogen-bond donors (Lipinski definition) is 0. The van der Waals surface area contributed by atoms with Crippen LogP contribution in [0.1, 0.15) is 6.92 Å². The molecule has 0 fully saturated rings. The Hall–Kier alpha value is -0.110. The third-order valence-electron chi connectivity index (χ3n) is 1.26. The van der Waals surface area contributed by atoms with Crippen molar-refractivity contribution in [3.8, 4) is 0 Å². The van der Waals surface area contributed by atoms with E-state index in [0.717, 1.165) is 10.6 Å². The summed E-state index contributed by atoms with van der Waals surface area (Å²) in [7, 11) is 0.350. The van der Waals surface area contributed by atoms with Crippen LogP contribution >= 0.6 is 10.5 Å². The minimum absolute atomic E-state index is 0.350. The maximum Gasteiger partial charge on any atom is 0.173 e. The summed E-state index contributed by atoms with van der Waals surface area (Å²) >= 11 is 0. The van der Waals surface area contributed by atoms with Crippen LogP contribution < -0.4 is 0 Å². The Kier molecular flexibility index (Phi) is 1.04. The zero-order valence-electron chi connectivity index (χ0n) is 4.52. The van der Waals surface area contributed by atoms with E-state index in [0.29, 0.717) is 16.3 Å². The summed E-state index contributed by atoms with van der Waals surface area (Å²) in [5.74, 6) is 1.18. The van der Waals surface area contributed by atoms with Crippen molar-refractivity contribution in [2.24, 2.45) is 0 Å². The van der Waals surface area contributed by atoms with Gasteiger partial charge in [-0.2, -0.15) is 10.5 Å². The molecule has 40 valence electrons. The summed E-state index contributed by atoms with van der Waals surface area (Å²) in [5, 5.41) is 0. The van der Waals surface area contributed by atoms with Crippen LogP contribution in [-0.2, 0) is 4.79 Å². The van der Waals surface area contributed by atoms with Gasteiger partial charge in [-0.15, -0.1) is 0 Å². The van der Waals surface area contributed by atoms with E-state index in [9.17, 15) is 4.79 Å². The van der Waals surface area contributed by atoms with Gasteiger partial charge in [0.15, 0.2) is 5.78 Å². The molecule has 0 saturated heterocycles. The second kappa shape index (κ2) is 1.44. The molecule has 0 aromatic heterocycles. The average Bonchev–Trinajstić information content (AvgIpc) is 1.68. The van der Waals surface area contributed by atoms with Crippen LogP contribution in [0.4, 0.5) is 0 Å². The molecule has 7 heavy (non-hydrogen) atoms. The highest BCUT2D eigenvalue weighted by Crippen LogP contribution is 2.19. The first-order chi connectivity index (χ1) is 3.22. The van der Waals surface area contributed by atoms with E-state index in [4.69, 9.17) is 0 Å². The molecule has 1 nitrogen and oxygen atoms in total. The topological polar surface area (TPSA) is 17.1 Å². The largest absolute Gasteiger partial charge is 0.293 e. The molecule has 1 atom stereocenters. The van der Waals surface area contributed by atoms with E-state index in [1.807, 2.05) is 6.92 Å². The van der Waals surface area contributed by atoms with Gasteiger partial charge in [-0.3, -0.25) is 4.79 Å². The molecular weight excluding hydrogens is 108 g/mol. The van der Waals surface area contributed by atoms with E-state index in [2.05, 4.69) is 6.26 Å². The van der Waals surface area contributed by atoms with E-state index in [-0.39, 0.29) is 0 Å².